The van der Waals surface area contributed by atoms with Gasteiger partial charge in [-0.25, -0.2) is 0 Å². The Morgan fingerprint density at radius 1 is 1.10 bits per heavy atom. The molecule has 0 spiro atoms. The van der Waals surface area contributed by atoms with E-state index in [2.05, 4.69) is 27.2 Å². The van der Waals surface area contributed by atoms with Gasteiger partial charge in [-0.1, -0.05) is 36.4 Å². The van der Waals surface area contributed by atoms with Gasteiger partial charge >= 0.3 is 0 Å². The molecule has 2 aliphatic rings. The highest BCUT2D eigenvalue weighted by Crippen LogP contribution is 2.33. The smallest absolute Gasteiger partial charge is 0.231 e. The summed E-state index contributed by atoms with van der Waals surface area (Å²) in [6, 6.07) is 16.0. The van der Waals surface area contributed by atoms with Crippen LogP contribution in [0.15, 0.2) is 54.7 Å². The van der Waals surface area contributed by atoms with Gasteiger partial charge in [-0.05, 0) is 42.5 Å². The number of amides is 1. The first-order valence-electron chi connectivity index (χ1n) is 10.0. The molecule has 5 rings (SSSR count). The topological polar surface area (TPSA) is 65.4 Å². The van der Waals surface area contributed by atoms with Gasteiger partial charge in [-0.3, -0.25) is 9.48 Å². The van der Waals surface area contributed by atoms with Crippen molar-refractivity contribution in [2.45, 2.75) is 38.3 Å². The summed E-state index contributed by atoms with van der Waals surface area (Å²) in [5.41, 5.74) is 4.52. The minimum atomic E-state index is 0.0116. The SMILES string of the molecule is O=C(Cc1ccc2c(c1)OCO2)NC1CCCc2c1cnn2Cc1ccccc1. The van der Waals surface area contributed by atoms with Crippen LogP contribution in [0.4, 0.5) is 0 Å². The predicted octanol–water partition coefficient (Wildman–Crippen LogP) is 3.40. The van der Waals surface area contributed by atoms with Gasteiger partial charge in [0, 0.05) is 11.3 Å². The van der Waals surface area contributed by atoms with Crippen molar-refractivity contribution >= 4 is 5.91 Å². The Hall–Kier alpha value is -3.28. The molecule has 1 N–H and O–H groups in total. The quantitative estimate of drug-likeness (QED) is 0.726. The Kier molecular flexibility index (Phi) is 4.68. The standard InChI is InChI=1S/C23H23N3O3/c27-23(12-17-9-10-21-22(11-17)29-15-28-21)25-19-7-4-8-20-18(19)13-24-26(20)14-16-5-2-1-3-6-16/h1-3,5-6,9-11,13,19H,4,7-8,12,14-15H2,(H,25,27). The number of nitrogens with one attached hydrogen (secondary N) is 1. The molecule has 148 valence electrons. The van der Waals surface area contributed by atoms with Crippen LogP contribution in [0, 0.1) is 0 Å². The second kappa shape index (κ2) is 7.62. The second-order valence-electron chi connectivity index (χ2n) is 7.57. The normalized spacial score (nSPS) is 17.0. The van der Waals surface area contributed by atoms with Crippen LogP contribution in [-0.2, 0) is 24.2 Å². The number of aromatic nitrogens is 2. The molecular formula is C23H23N3O3. The Morgan fingerprint density at radius 3 is 2.86 bits per heavy atom. The highest BCUT2D eigenvalue weighted by molar-refractivity contribution is 5.79. The minimum absolute atomic E-state index is 0.0116. The molecule has 0 fully saturated rings. The maximum atomic E-state index is 12.7. The van der Waals surface area contributed by atoms with Crippen molar-refractivity contribution in [1.82, 2.24) is 15.1 Å². The number of nitrogens with zero attached hydrogens (tertiary/aromatic N) is 2. The number of carbonyl (C=O) groups excluding carboxylic acids is 1. The molecule has 6 heteroatoms. The number of carbonyl (C=O) groups is 1. The van der Waals surface area contributed by atoms with E-state index in [0.717, 1.165) is 42.7 Å². The number of ether oxygens (including phenoxy) is 2. The van der Waals surface area contributed by atoms with E-state index >= 15 is 0 Å². The van der Waals surface area contributed by atoms with Gasteiger partial charge in [0.25, 0.3) is 0 Å². The van der Waals surface area contributed by atoms with E-state index in [0.29, 0.717) is 12.2 Å². The first-order chi connectivity index (χ1) is 14.3. The summed E-state index contributed by atoms with van der Waals surface area (Å²) < 4.78 is 12.8. The lowest BCUT2D eigenvalue weighted by molar-refractivity contribution is -0.121. The Balaban J connectivity index is 1.27. The van der Waals surface area contributed by atoms with Gasteiger partial charge in [-0.2, -0.15) is 5.10 Å². The van der Waals surface area contributed by atoms with Crippen molar-refractivity contribution in [3.8, 4) is 11.5 Å². The summed E-state index contributed by atoms with van der Waals surface area (Å²) in [5.74, 6) is 1.45. The minimum Gasteiger partial charge on any atom is -0.454 e. The number of hydrogen-bond donors (Lipinski definition) is 1. The highest BCUT2D eigenvalue weighted by atomic mass is 16.7. The summed E-state index contributed by atoms with van der Waals surface area (Å²) in [6.07, 6.45) is 5.22. The van der Waals surface area contributed by atoms with Crippen LogP contribution in [0.5, 0.6) is 11.5 Å². The molecule has 2 heterocycles. The molecule has 1 aliphatic carbocycles. The van der Waals surface area contributed by atoms with Crippen LogP contribution in [0.25, 0.3) is 0 Å². The maximum absolute atomic E-state index is 12.7. The predicted molar refractivity (Wildman–Crippen MR) is 108 cm³/mol. The molecule has 0 radical (unpaired) electrons. The zero-order valence-corrected chi connectivity index (χ0v) is 16.1. The van der Waals surface area contributed by atoms with Crippen molar-refractivity contribution in [3.05, 3.63) is 77.1 Å². The summed E-state index contributed by atoms with van der Waals surface area (Å²) >= 11 is 0. The van der Waals surface area contributed by atoms with Gasteiger partial charge in [-0.15, -0.1) is 0 Å². The molecule has 1 aromatic heterocycles. The maximum Gasteiger partial charge on any atom is 0.231 e. The van der Waals surface area contributed by atoms with Gasteiger partial charge < -0.3 is 14.8 Å². The monoisotopic (exact) mass is 389 g/mol. The summed E-state index contributed by atoms with van der Waals surface area (Å²) in [4.78, 5) is 12.7. The van der Waals surface area contributed by atoms with Gasteiger partial charge in [0.1, 0.15) is 0 Å². The number of rotatable bonds is 5. The lowest BCUT2D eigenvalue weighted by atomic mass is 9.92. The number of fused-ring (bicyclic) bond motifs is 2. The van der Waals surface area contributed by atoms with E-state index in [1.165, 1.54) is 11.3 Å². The molecule has 1 unspecified atom stereocenters. The van der Waals surface area contributed by atoms with Gasteiger partial charge in [0.05, 0.1) is 25.2 Å². The summed E-state index contributed by atoms with van der Waals surface area (Å²) in [7, 11) is 0. The Morgan fingerprint density at radius 2 is 1.97 bits per heavy atom. The van der Waals surface area contributed by atoms with Crippen molar-refractivity contribution < 1.29 is 14.3 Å². The third kappa shape index (κ3) is 3.70. The van der Waals surface area contributed by atoms with E-state index in [1.54, 1.807) is 0 Å². The third-order valence-electron chi connectivity index (χ3n) is 5.57. The molecule has 0 bridgehead atoms. The molecule has 0 saturated carbocycles. The summed E-state index contributed by atoms with van der Waals surface area (Å²) in [5, 5.41) is 7.81. The largest absolute Gasteiger partial charge is 0.454 e. The first kappa shape index (κ1) is 17.8. The van der Waals surface area contributed by atoms with Crippen LogP contribution in [0.2, 0.25) is 0 Å². The van der Waals surface area contributed by atoms with Crippen molar-refractivity contribution in [1.29, 1.82) is 0 Å². The van der Waals surface area contributed by atoms with E-state index in [-0.39, 0.29) is 18.7 Å². The Labute approximate surface area is 169 Å². The average molecular weight is 389 g/mol. The van der Waals surface area contributed by atoms with E-state index < -0.39 is 0 Å². The van der Waals surface area contributed by atoms with Crippen LogP contribution in [0.1, 0.15) is 41.3 Å². The number of benzene rings is 2. The van der Waals surface area contributed by atoms with Crippen LogP contribution < -0.4 is 14.8 Å². The molecule has 29 heavy (non-hydrogen) atoms. The van der Waals surface area contributed by atoms with E-state index in [9.17, 15) is 4.79 Å². The zero-order chi connectivity index (χ0) is 19.6. The van der Waals surface area contributed by atoms with Crippen molar-refractivity contribution in [2.24, 2.45) is 0 Å². The molecule has 1 atom stereocenters. The zero-order valence-electron chi connectivity index (χ0n) is 16.1. The molecule has 1 aliphatic heterocycles. The molecule has 3 aromatic rings. The molecule has 2 aromatic carbocycles. The molecule has 1 amide bonds. The molecule has 0 saturated heterocycles. The van der Waals surface area contributed by atoms with Crippen LogP contribution in [-0.4, -0.2) is 22.5 Å². The molecular weight excluding hydrogens is 366 g/mol. The van der Waals surface area contributed by atoms with Crippen LogP contribution in [0.3, 0.4) is 0 Å². The van der Waals surface area contributed by atoms with Crippen LogP contribution >= 0.6 is 0 Å². The van der Waals surface area contributed by atoms with E-state index in [4.69, 9.17) is 9.47 Å². The second-order valence-corrected chi connectivity index (χ2v) is 7.57. The third-order valence-corrected chi connectivity index (χ3v) is 5.57. The van der Waals surface area contributed by atoms with Crippen molar-refractivity contribution in [3.63, 3.8) is 0 Å². The first-order valence-corrected chi connectivity index (χ1v) is 10.0. The lowest BCUT2D eigenvalue weighted by Crippen LogP contribution is -2.32. The number of hydrogen-bond acceptors (Lipinski definition) is 4. The van der Waals surface area contributed by atoms with Crippen molar-refractivity contribution in [2.75, 3.05) is 6.79 Å². The molecule has 6 nitrogen and oxygen atoms in total. The van der Waals surface area contributed by atoms with E-state index in [1.807, 2.05) is 42.6 Å². The highest BCUT2D eigenvalue weighted by Gasteiger charge is 2.26. The fourth-order valence-electron chi connectivity index (χ4n) is 4.14. The lowest BCUT2D eigenvalue weighted by Gasteiger charge is -2.24. The average Bonchev–Trinajstić information content (AvgIpc) is 3.36. The summed E-state index contributed by atoms with van der Waals surface area (Å²) in [6.45, 7) is 0.997. The van der Waals surface area contributed by atoms with Gasteiger partial charge in [0.15, 0.2) is 11.5 Å². The fraction of sp³-hybridized carbons (Fsp3) is 0.304. The fourth-order valence-corrected chi connectivity index (χ4v) is 4.14. The Bertz CT molecular complexity index is 1030. The van der Waals surface area contributed by atoms with Gasteiger partial charge in [0.2, 0.25) is 12.7 Å².